The molecule has 1 atom stereocenters. The van der Waals surface area contributed by atoms with E-state index in [2.05, 4.69) is 23.6 Å². The SMILES string of the molecule is C=CC1=C(N=C)CCC1NC. The maximum Gasteiger partial charge on any atom is 0.0444 e. The lowest BCUT2D eigenvalue weighted by atomic mass is 10.1. The first-order chi connectivity index (χ1) is 5.33. The van der Waals surface area contributed by atoms with Gasteiger partial charge < -0.3 is 5.32 Å². The first-order valence-corrected chi connectivity index (χ1v) is 3.83. The molecule has 0 aromatic heterocycles. The van der Waals surface area contributed by atoms with Gasteiger partial charge in [0.2, 0.25) is 0 Å². The highest BCUT2D eigenvalue weighted by Gasteiger charge is 2.20. The number of nitrogens with one attached hydrogen (secondary N) is 1. The van der Waals surface area contributed by atoms with E-state index in [1.807, 2.05) is 13.1 Å². The van der Waals surface area contributed by atoms with Gasteiger partial charge in [0.05, 0.1) is 0 Å². The van der Waals surface area contributed by atoms with Gasteiger partial charge in [-0.1, -0.05) is 12.7 Å². The van der Waals surface area contributed by atoms with E-state index in [1.165, 1.54) is 5.57 Å². The molecule has 0 aliphatic heterocycles. The summed E-state index contributed by atoms with van der Waals surface area (Å²) in [5.41, 5.74) is 2.31. The molecule has 0 saturated carbocycles. The van der Waals surface area contributed by atoms with E-state index in [9.17, 15) is 0 Å². The standard InChI is InChI=1S/C9H14N2/c1-4-7-8(10-2)5-6-9(7)11-3/h4,9,11H,1-2,5-6H2,3H3. The fourth-order valence-corrected chi connectivity index (χ4v) is 1.51. The number of nitrogens with zero attached hydrogens (tertiary/aromatic N) is 1. The Morgan fingerprint density at radius 2 is 2.45 bits per heavy atom. The van der Waals surface area contributed by atoms with E-state index in [4.69, 9.17) is 0 Å². The Hall–Kier alpha value is -0.890. The Morgan fingerprint density at radius 1 is 1.73 bits per heavy atom. The van der Waals surface area contributed by atoms with Crippen LogP contribution >= 0.6 is 0 Å². The zero-order valence-electron chi connectivity index (χ0n) is 6.93. The molecule has 2 nitrogen and oxygen atoms in total. The summed E-state index contributed by atoms with van der Waals surface area (Å²) >= 11 is 0. The summed E-state index contributed by atoms with van der Waals surface area (Å²) in [4.78, 5) is 3.96. The summed E-state index contributed by atoms with van der Waals surface area (Å²) in [6, 6.07) is 0.438. The molecule has 0 fully saturated rings. The predicted octanol–water partition coefficient (Wildman–Crippen LogP) is 1.51. The highest BCUT2D eigenvalue weighted by atomic mass is 14.9. The molecule has 60 valence electrons. The van der Waals surface area contributed by atoms with Gasteiger partial charge in [-0.15, -0.1) is 0 Å². The number of rotatable bonds is 3. The molecule has 1 unspecified atom stereocenters. The number of likely N-dealkylation sites (N-methyl/N-ethyl adjacent to an activating group) is 1. The van der Waals surface area contributed by atoms with Crippen molar-refractivity contribution in [2.45, 2.75) is 18.9 Å². The predicted molar refractivity (Wildman–Crippen MR) is 48.9 cm³/mol. The molecule has 0 heterocycles. The molecule has 1 aliphatic rings. The Balaban J connectivity index is 2.86. The number of hydrogen-bond acceptors (Lipinski definition) is 2. The molecule has 0 saturated heterocycles. The molecule has 0 aromatic carbocycles. The summed E-state index contributed by atoms with van der Waals surface area (Å²) in [5, 5.41) is 3.21. The maximum absolute atomic E-state index is 3.96. The third-order valence-electron chi connectivity index (χ3n) is 2.14. The highest BCUT2D eigenvalue weighted by Crippen LogP contribution is 2.27. The summed E-state index contributed by atoms with van der Waals surface area (Å²) in [5.74, 6) is 0. The molecule has 0 aromatic rings. The van der Waals surface area contributed by atoms with Crippen LogP contribution in [0.25, 0.3) is 0 Å². The van der Waals surface area contributed by atoms with Gasteiger partial charge in [-0.3, -0.25) is 4.99 Å². The minimum atomic E-state index is 0.438. The summed E-state index contributed by atoms with van der Waals surface area (Å²) < 4.78 is 0. The van der Waals surface area contributed by atoms with E-state index >= 15 is 0 Å². The molecule has 0 spiro atoms. The smallest absolute Gasteiger partial charge is 0.0444 e. The van der Waals surface area contributed by atoms with Gasteiger partial charge in [0, 0.05) is 11.7 Å². The third-order valence-corrected chi connectivity index (χ3v) is 2.14. The molecule has 1 N–H and O–H groups in total. The van der Waals surface area contributed by atoms with Crippen molar-refractivity contribution in [2.24, 2.45) is 4.99 Å². The second-order valence-corrected chi connectivity index (χ2v) is 2.64. The van der Waals surface area contributed by atoms with Crippen LogP contribution in [0.3, 0.4) is 0 Å². The molecule has 0 amide bonds. The van der Waals surface area contributed by atoms with E-state index in [0.717, 1.165) is 18.5 Å². The van der Waals surface area contributed by atoms with Crippen molar-refractivity contribution in [1.29, 1.82) is 0 Å². The van der Waals surface area contributed by atoms with Crippen LogP contribution in [0.1, 0.15) is 12.8 Å². The van der Waals surface area contributed by atoms with Crippen molar-refractivity contribution in [2.75, 3.05) is 7.05 Å². The van der Waals surface area contributed by atoms with Crippen molar-refractivity contribution in [3.8, 4) is 0 Å². The van der Waals surface area contributed by atoms with Gasteiger partial charge in [0.25, 0.3) is 0 Å². The van der Waals surface area contributed by atoms with Crippen molar-refractivity contribution >= 4 is 6.72 Å². The Morgan fingerprint density at radius 3 is 2.91 bits per heavy atom. The van der Waals surface area contributed by atoms with Gasteiger partial charge >= 0.3 is 0 Å². The zero-order valence-corrected chi connectivity index (χ0v) is 6.93. The molecular formula is C9H14N2. The van der Waals surface area contributed by atoms with Crippen molar-refractivity contribution in [3.05, 3.63) is 23.9 Å². The molecular weight excluding hydrogens is 136 g/mol. The Labute approximate surface area is 67.7 Å². The van der Waals surface area contributed by atoms with Crippen molar-refractivity contribution < 1.29 is 0 Å². The van der Waals surface area contributed by atoms with E-state index in [-0.39, 0.29) is 0 Å². The van der Waals surface area contributed by atoms with Crippen LogP contribution in [0.5, 0.6) is 0 Å². The largest absolute Gasteiger partial charge is 0.313 e. The summed E-state index contributed by atoms with van der Waals surface area (Å²) in [7, 11) is 1.96. The van der Waals surface area contributed by atoms with Crippen LogP contribution in [-0.2, 0) is 0 Å². The van der Waals surface area contributed by atoms with E-state index < -0.39 is 0 Å². The lowest BCUT2D eigenvalue weighted by Crippen LogP contribution is -2.23. The van der Waals surface area contributed by atoms with Crippen LogP contribution < -0.4 is 5.32 Å². The van der Waals surface area contributed by atoms with Crippen LogP contribution in [-0.4, -0.2) is 19.8 Å². The fourth-order valence-electron chi connectivity index (χ4n) is 1.51. The van der Waals surface area contributed by atoms with Crippen molar-refractivity contribution in [1.82, 2.24) is 5.32 Å². The molecule has 0 bridgehead atoms. The first kappa shape index (κ1) is 8.21. The second-order valence-electron chi connectivity index (χ2n) is 2.64. The van der Waals surface area contributed by atoms with Crippen molar-refractivity contribution in [3.63, 3.8) is 0 Å². The Kier molecular flexibility index (Phi) is 2.60. The Bertz CT molecular complexity index is 204. The molecule has 2 heteroatoms. The van der Waals surface area contributed by atoms with Gasteiger partial charge in [0.15, 0.2) is 0 Å². The van der Waals surface area contributed by atoms with Gasteiger partial charge in [-0.25, -0.2) is 0 Å². The molecule has 1 aliphatic carbocycles. The lowest BCUT2D eigenvalue weighted by molar-refractivity contribution is 0.635. The number of hydrogen-bond donors (Lipinski definition) is 1. The van der Waals surface area contributed by atoms with Gasteiger partial charge in [0.1, 0.15) is 0 Å². The monoisotopic (exact) mass is 150 g/mol. The minimum Gasteiger partial charge on any atom is -0.313 e. The van der Waals surface area contributed by atoms with Crippen LogP contribution in [0.4, 0.5) is 0 Å². The normalized spacial score (nSPS) is 23.9. The highest BCUT2D eigenvalue weighted by molar-refractivity contribution is 5.39. The fraction of sp³-hybridized carbons (Fsp3) is 0.444. The molecule has 0 radical (unpaired) electrons. The summed E-state index contributed by atoms with van der Waals surface area (Å²) in [6.45, 7) is 7.28. The number of allylic oxidation sites excluding steroid dienone is 1. The second kappa shape index (κ2) is 3.49. The molecule has 11 heavy (non-hydrogen) atoms. The van der Waals surface area contributed by atoms with E-state index in [1.54, 1.807) is 0 Å². The third kappa shape index (κ3) is 1.40. The summed E-state index contributed by atoms with van der Waals surface area (Å²) in [6.07, 6.45) is 4.01. The maximum atomic E-state index is 3.96. The average Bonchev–Trinajstić information content (AvgIpc) is 2.45. The van der Waals surface area contributed by atoms with Crippen LogP contribution in [0.15, 0.2) is 28.9 Å². The number of aliphatic imine (C=N–C) groups is 1. The van der Waals surface area contributed by atoms with Gasteiger partial charge in [-0.05, 0) is 32.2 Å². The van der Waals surface area contributed by atoms with Crippen LogP contribution in [0, 0.1) is 0 Å². The van der Waals surface area contributed by atoms with E-state index in [0.29, 0.717) is 6.04 Å². The zero-order chi connectivity index (χ0) is 8.27. The molecule has 1 rings (SSSR count). The quantitative estimate of drug-likeness (QED) is 0.606. The lowest BCUT2D eigenvalue weighted by Gasteiger charge is -2.09. The van der Waals surface area contributed by atoms with Crippen LogP contribution in [0.2, 0.25) is 0 Å². The van der Waals surface area contributed by atoms with Gasteiger partial charge in [-0.2, -0.15) is 0 Å². The average molecular weight is 150 g/mol. The first-order valence-electron chi connectivity index (χ1n) is 3.83. The minimum absolute atomic E-state index is 0.438. The topological polar surface area (TPSA) is 24.4 Å².